The molecule has 0 atom stereocenters. The van der Waals surface area contributed by atoms with E-state index in [0.717, 1.165) is 62.7 Å². The summed E-state index contributed by atoms with van der Waals surface area (Å²) in [6.45, 7) is 0. The summed E-state index contributed by atoms with van der Waals surface area (Å²) in [5, 5.41) is 2.28. The third-order valence-corrected chi connectivity index (χ3v) is 12.7. The summed E-state index contributed by atoms with van der Waals surface area (Å²) in [6.07, 6.45) is 7.12. The van der Waals surface area contributed by atoms with E-state index >= 15 is 0 Å². The van der Waals surface area contributed by atoms with Crippen LogP contribution in [0.15, 0.2) is 144 Å². The Morgan fingerprint density at radius 2 is 1.12 bits per heavy atom. The molecular formula is C46H37NO. The quantitative estimate of drug-likeness (QED) is 0.195. The van der Waals surface area contributed by atoms with Gasteiger partial charge >= 0.3 is 0 Å². The molecule has 0 radical (unpaired) electrons. The number of benzene rings is 6. The molecule has 12 rings (SSSR count). The van der Waals surface area contributed by atoms with E-state index in [0.29, 0.717) is 0 Å². The van der Waals surface area contributed by atoms with Gasteiger partial charge in [0, 0.05) is 22.2 Å². The lowest BCUT2D eigenvalue weighted by Gasteiger charge is -2.61. The van der Waals surface area contributed by atoms with Gasteiger partial charge in [-0.25, -0.2) is 0 Å². The Kier molecular flexibility index (Phi) is 5.59. The van der Waals surface area contributed by atoms with Gasteiger partial charge in [-0.1, -0.05) is 97.1 Å². The highest BCUT2D eigenvalue weighted by molar-refractivity contribution is 6.13. The summed E-state index contributed by atoms with van der Waals surface area (Å²) >= 11 is 0. The second-order valence-electron chi connectivity index (χ2n) is 14.9. The van der Waals surface area contributed by atoms with Gasteiger partial charge in [-0.05, 0) is 132 Å². The van der Waals surface area contributed by atoms with Gasteiger partial charge in [0.1, 0.15) is 11.2 Å². The monoisotopic (exact) mass is 619 g/mol. The molecule has 5 aliphatic rings. The van der Waals surface area contributed by atoms with Crippen LogP contribution in [0.3, 0.4) is 0 Å². The van der Waals surface area contributed by atoms with Crippen LogP contribution in [0.2, 0.25) is 0 Å². The van der Waals surface area contributed by atoms with Crippen LogP contribution in [-0.2, 0) is 5.41 Å². The highest BCUT2D eigenvalue weighted by atomic mass is 16.3. The SMILES string of the molecule is c1ccc(N(c2ccc(-c3cccc4c3-c3ccccc3C43C4CC5CC(C4)CC3C5)cc2)c2cccc3oc4ccccc4c23)cc1. The van der Waals surface area contributed by atoms with Crippen molar-refractivity contribution in [1.82, 2.24) is 0 Å². The normalized spacial score (nSPS) is 24.8. The molecule has 4 saturated carbocycles. The summed E-state index contributed by atoms with van der Waals surface area (Å²) in [5.74, 6) is 3.44. The van der Waals surface area contributed by atoms with Crippen LogP contribution >= 0.6 is 0 Å². The number of rotatable bonds is 4. The van der Waals surface area contributed by atoms with E-state index in [4.69, 9.17) is 4.42 Å². The van der Waals surface area contributed by atoms with Crippen molar-refractivity contribution in [2.24, 2.45) is 23.7 Å². The smallest absolute Gasteiger partial charge is 0.137 e. The van der Waals surface area contributed by atoms with Crippen LogP contribution in [0.25, 0.3) is 44.2 Å². The van der Waals surface area contributed by atoms with Crippen LogP contribution in [0.5, 0.6) is 0 Å². The molecule has 0 N–H and O–H groups in total. The molecule has 6 aromatic carbocycles. The van der Waals surface area contributed by atoms with E-state index in [9.17, 15) is 0 Å². The van der Waals surface area contributed by atoms with Crippen molar-refractivity contribution in [2.75, 3.05) is 4.90 Å². The van der Waals surface area contributed by atoms with Gasteiger partial charge in [-0.3, -0.25) is 0 Å². The van der Waals surface area contributed by atoms with Crippen molar-refractivity contribution in [1.29, 1.82) is 0 Å². The van der Waals surface area contributed by atoms with Crippen LogP contribution in [0.1, 0.15) is 43.2 Å². The molecule has 1 spiro atoms. The van der Waals surface area contributed by atoms with Crippen molar-refractivity contribution in [3.05, 3.63) is 151 Å². The van der Waals surface area contributed by atoms with Gasteiger partial charge in [0.2, 0.25) is 0 Å². The van der Waals surface area contributed by atoms with Crippen molar-refractivity contribution in [2.45, 2.75) is 37.5 Å². The first-order valence-electron chi connectivity index (χ1n) is 17.9. The fraction of sp³-hybridized carbons (Fsp3) is 0.217. The topological polar surface area (TPSA) is 16.4 Å². The predicted molar refractivity (Wildman–Crippen MR) is 197 cm³/mol. The Hall–Kier alpha value is -5.08. The standard InChI is InChI=1S/C46H37NO/c1-2-10-34(11-3-1)47(41-17-9-19-43-45(41)38-13-5-7-18-42(38)48-43)35-22-20-31(21-23-35)36-14-8-16-40-44(36)37-12-4-6-15-39(37)46(40)32-25-29-24-30(27-32)28-33(46)26-29/h1-23,29-30,32-33H,24-28H2. The molecule has 0 saturated heterocycles. The van der Waals surface area contributed by atoms with Gasteiger partial charge in [0.15, 0.2) is 0 Å². The molecule has 2 heteroatoms. The van der Waals surface area contributed by atoms with Gasteiger partial charge in [-0.2, -0.15) is 0 Å². The van der Waals surface area contributed by atoms with Gasteiger partial charge < -0.3 is 9.32 Å². The van der Waals surface area contributed by atoms with E-state index in [1.54, 1.807) is 11.1 Å². The lowest BCUT2D eigenvalue weighted by Crippen LogP contribution is -2.55. The maximum absolute atomic E-state index is 6.32. The Morgan fingerprint density at radius 3 is 1.94 bits per heavy atom. The molecule has 0 amide bonds. The fourth-order valence-corrected chi connectivity index (χ4v) is 11.2. The average molecular weight is 620 g/mol. The van der Waals surface area contributed by atoms with E-state index in [-0.39, 0.29) is 5.41 Å². The maximum Gasteiger partial charge on any atom is 0.137 e. The summed E-state index contributed by atoms with van der Waals surface area (Å²) in [5.41, 5.74) is 14.2. The fourth-order valence-electron chi connectivity index (χ4n) is 11.2. The third kappa shape index (κ3) is 3.58. The lowest BCUT2D eigenvalue weighted by molar-refractivity contribution is -0.0399. The second-order valence-corrected chi connectivity index (χ2v) is 14.9. The molecule has 4 fully saturated rings. The minimum Gasteiger partial charge on any atom is -0.456 e. The number of para-hydroxylation sites is 2. The second kappa shape index (κ2) is 9.97. The summed E-state index contributed by atoms with van der Waals surface area (Å²) < 4.78 is 6.32. The molecular weight excluding hydrogens is 583 g/mol. The lowest BCUT2D eigenvalue weighted by atomic mass is 9.43. The zero-order valence-electron chi connectivity index (χ0n) is 27.0. The summed E-state index contributed by atoms with van der Waals surface area (Å²) in [7, 11) is 0. The van der Waals surface area contributed by atoms with Crippen molar-refractivity contribution < 1.29 is 4.42 Å². The number of hydrogen-bond donors (Lipinski definition) is 0. The Labute approximate surface area is 281 Å². The number of nitrogens with zero attached hydrogens (tertiary/aromatic N) is 1. The molecule has 7 aromatic rings. The molecule has 48 heavy (non-hydrogen) atoms. The van der Waals surface area contributed by atoms with Crippen LogP contribution in [-0.4, -0.2) is 0 Å². The average Bonchev–Trinajstić information content (AvgIpc) is 3.66. The van der Waals surface area contributed by atoms with E-state index < -0.39 is 0 Å². The first-order valence-corrected chi connectivity index (χ1v) is 17.9. The van der Waals surface area contributed by atoms with Gasteiger partial charge in [-0.15, -0.1) is 0 Å². The number of furan rings is 1. The summed E-state index contributed by atoms with van der Waals surface area (Å²) in [4.78, 5) is 2.38. The highest BCUT2D eigenvalue weighted by Gasteiger charge is 2.61. The van der Waals surface area contributed by atoms with E-state index in [2.05, 4.69) is 138 Å². The molecule has 5 aliphatic carbocycles. The molecule has 0 unspecified atom stereocenters. The van der Waals surface area contributed by atoms with E-state index in [1.807, 2.05) is 6.07 Å². The van der Waals surface area contributed by atoms with Crippen LogP contribution in [0.4, 0.5) is 17.1 Å². The number of fused-ring (bicyclic) bond motifs is 6. The maximum atomic E-state index is 6.32. The minimum atomic E-state index is 0.186. The van der Waals surface area contributed by atoms with Crippen LogP contribution < -0.4 is 4.90 Å². The predicted octanol–water partition coefficient (Wildman–Crippen LogP) is 12.4. The Balaban J connectivity index is 1.07. The molecule has 232 valence electrons. The Bertz CT molecular complexity index is 2340. The van der Waals surface area contributed by atoms with Crippen molar-refractivity contribution in [3.8, 4) is 22.3 Å². The first-order chi connectivity index (χ1) is 23.8. The first kappa shape index (κ1) is 26.9. The highest BCUT2D eigenvalue weighted by Crippen LogP contribution is 2.70. The van der Waals surface area contributed by atoms with Crippen molar-refractivity contribution >= 4 is 39.0 Å². The minimum absolute atomic E-state index is 0.186. The third-order valence-electron chi connectivity index (χ3n) is 12.7. The molecule has 1 heterocycles. The van der Waals surface area contributed by atoms with E-state index in [1.165, 1.54) is 54.4 Å². The van der Waals surface area contributed by atoms with Crippen LogP contribution in [0, 0.1) is 23.7 Å². The van der Waals surface area contributed by atoms with Crippen molar-refractivity contribution in [3.63, 3.8) is 0 Å². The van der Waals surface area contributed by atoms with Gasteiger partial charge in [0.05, 0.1) is 11.1 Å². The largest absolute Gasteiger partial charge is 0.456 e. The number of hydrogen-bond acceptors (Lipinski definition) is 2. The zero-order chi connectivity index (χ0) is 31.4. The Morgan fingerprint density at radius 1 is 0.500 bits per heavy atom. The molecule has 0 aliphatic heterocycles. The molecule has 4 bridgehead atoms. The molecule has 1 aromatic heterocycles. The number of anilines is 3. The summed E-state index contributed by atoms with van der Waals surface area (Å²) in [6, 6.07) is 51.5. The molecule has 2 nitrogen and oxygen atoms in total. The zero-order valence-corrected chi connectivity index (χ0v) is 27.0. The van der Waals surface area contributed by atoms with Gasteiger partial charge in [0.25, 0.3) is 0 Å².